The topological polar surface area (TPSA) is 220 Å². The minimum absolute atomic E-state index is 0. The molecule has 0 saturated carbocycles. The van der Waals surface area contributed by atoms with E-state index in [-0.39, 0.29) is 7.43 Å². The van der Waals surface area contributed by atoms with Gasteiger partial charge in [0.25, 0.3) is 0 Å². The van der Waals surface area contributed by atoms with Crippen LogP contribution in [0.2, 0.25) is 0 Å². The van der Waals surface area contributed by atoms with E-state index in [1.807, 2.05) is 45.3 Å². The van der Waals surface area contributed by atoms with E-state index in [0.717, 1.165) is 114 Å². The molecule has 16 rings (SSSR count). The summed E-state index contributed by atoms with van der Waals surface area (Å²) in [5, 5.41) is 36.3. The van der Waals surface area contributed by atoms with Gasteiger partial charge in [0.15, 0.2) is 29.1 Å². The van der Waals surface area contributed by atoms with Crippen molar-refractivity contribution in [2.45, 2.75) is 299 Å². The second kappa shape index (κ2) is 38.3. The van der Waals surface area contributed by atoms with E-state index in [9.17, 15) is 0 Å². The number of tetrazole rings is 1. The van der Waals surface area contributed by atoms with Gasteiger partial charge in [0.05, 0.1) is 0 Å². The Bertz CT molecular complexity index is 3670. The van der Waals surface area contributed by atoms with Crippen molar-refractivity contribution in [3.8, 4) is 0 Å². The molecule has 0 saturated heterocycles. The van der Waals surface area contributed by atoms with Crippen molar-refractivity contribution in [2.24, 2.45) is 0 Å². The fraction of sp³-hybridized carbons (Fsp3) is 0.570. The summed E-state index contributed by atoms with van der Waals surface area (Å²) in [5.41, 5.74) is 22.2. The van der Waals surface area contributed by atoms with Crippen LogP contribution in [-0.2, 0) is 52.4 Å². The summed E-state index contributed by atoms with van der Waals surface area (Å²) in [6, 6.07) is 0. The molecule has 0 spiro atoms. The molecule has 544 valence electrons. The van der Waals surface area contributed by atoms with Gasteiger partial charge < -0.3 is 22.8 Å². The van der Waals surface area contributed by atoms with E-state index >= 15 is 0 Å². The van der Waals surface area contributed by atoms with Crippen molar-refractivity contribution in [3.63, 3.8) is 0 Å². The van der Waals surface area contributed by atoms with Gasteiger partial charge in [-0.2, -0.15) is 10.2 Å². The van der Waals surface area contributed by atoms with Gasteiger partial charge in [-0.15, -0.1) is 25.5 Å². The van der Waals surface area contributed by atoms with Crippen LogP contribution in [0.1, 0.15) is 293 Å². The minimum Gasteiger partial charge on any atom is -0.331 e. The summed E-state index contributed by atoms with van der Waals surface area (Å²) in [6.45, 7) is 43.0. The summed E-state index contributed by atoms with van der Waals surface area (Å²) < 4.78 is 17.0. The maximum absolute atomic E-state index is 4.42. The van der Waals surface area contributed by atoms with E-state index in [1.165, 1.54) is 203 Å². The first-order chi connectivity index (χ1) is 48.3. The Morgan fingerprint density at radius 1 is 0.267 bits per heavy atom. The smallest absolute Gasteiger partial charge is 0.177 e. The van der Waals surface area contributed by atoms with E-state index in [0.29, 0.717) is 0 Å². The van der Waals surface area contributed by atoms with Gasteiger partial charge in [-0.1, -0.05) is 52.0 Å². The Morgan fingerprint density at radius 2 is 0.545 bits per heavy atom. The molecule has 0 amide bonds. The molecular weight excluding hydrogens is 1260 g/mol. The number of nitrogens with zero attached hydrogens (tertiary/aromatic N) is 22. The number of rotatable bonds is 0. The SMILES string of the molecule is C.CC(C)=C1CCCCn2ccnc21.CC(C)=C1CCCCn2cnnc21.CC(C)=C1CCCCn2ncnc21.CC(C)=C1CCCCn2nnnc21.CC(C)=C1CCCn2ccnc21.CC(C)=C1CCCn2ccnc21.CC(C)=C1CCCn2cnnc21.CC(C)=C1CCCn2ncnc21. The normalized spacial score (nSPS) is 16.2. The number of allylic oxidation sites excluding steroid dienone is 16. The highest BCUT2D eigenvalue weighted by molar-refractivity contribution is 5.68. The number of aryl methyl sites for hydroxylation is 8. The predicted octanol–water partition coefficient (Wildman–Crippen LogP) is 18.3. The molecule has 16 heterocycles. The van der Waals surface area contributed by atoms with E-state index in [4.69, 9.17) is 0 Å². The number of imidazole rings is 3. The van der Waals surface area contributed by atoms with E-state index in [1.54, 1.807) is 12.7 Å². The molecule has 22 heteroatoms. The van der Waals surface area contributed by atoms with Gasteiger partial charge in [0.2, 0.25) is 0 Å². The van der Waals surface area contributed by atoms with Gasteiger partial charge >= 0.3 is 0 Å². The third-order valence-corrected chi connectivity index (χ3v) is 19.6. The summed E-state index contributed by atoms with van der Waals surface area (Å²) >= 11 is 0. The highest BCUT2D eigenvalue weighted by Gasteiger charge is 2.22. The van der Waals surface area contributed by atoms with Crippen LogP contribution in [0.25, 0.3) is 44.6 Å². The lowest BCUT2D eigenvalue weighted by atomic mass is 10.0. The van der Waals surface area contributed by atoms with Crippen molar-refractivity contribution in [1.29, 1.82) is 0 Å². The van der Waals surface area contributed by atoms with E-state index in [2.05, 4.69) is 223 Å². The van der Waals surface area contributed by atoms with Crippen LogP contribution < -0.4 is 0 Å². The fourth-order valence-electron chi connectivity index (χ4n) is 14.1. The number of fused-ring (bicyclic) bond motifs is 8. The molecule has 22 nitrogen and oxygen atoms in total. The van der Waals surface area contributed by atoms with Gasteiger partial charge in [0.1, 0.15) is 42.8 Å². The van der Waals surface area contributed by atoms with Crippen molar-refractivity contribution in [3.05, 3.63) is 154 Å². The zero-order valence-electron chi connectivity index (χ0n) is 63.4. The molecule has 0 N–H and O–H groups in total. The lowest BCUT2D eigenvalue weighted by Gasteiger charge is -2.17. The van der Waals surface area contributed by atoms with Crippen LogP contribution >= 0.6 is 0 Å². The van der Waals surface area contributed by atoms with Crippen LogP contribution in [0.4, 0.5) is 0 Å². The maximum atomic E-state index is 4.42. The van der Waals surface area contributed by atoms with Crippen LogP contribution in [0.3, 0.4) is 0 Å². The predicted molar refractivity (Wildman–Crippen MR) is 410 cm³/mol. The first kappa shape index (κ1) is 77.9. The number of aromatic nitrogens is 22. The Morgan fingerprint density at radius 3 is 0.921 bits per heavy atom. The lowest BCUT2D eigenvalue weighted by molar-refractivity contribution is 0.550. The molecule has 8 aliphatic rings. The van der Waals surface area contributed by atoms with Gasteiger partial charge in [-0.3, -0.25) is 0 Å². The molecule has 8 aliphatic heterocycles. The summed E-state index contributed by atoms with van der Waals surface area (Å²) in [7, 11) is 0. The molecule has 0 radical (unpaired) electrons. The first-order valence-electron chi connectivity index (χ1n) is 37.0. The molecule has 0 fully saturated rings. The van der Waals surface area contributed by atoms with Crippen LogP contribution in [0.15, 0.2) is 107 Å². The third-order valence-electron chi connectivity index (χ3n) is 19.6. The number of hydrogen-bond donors (Lipinski definition) is 0. The average molecular weight is 1380 g/mol. The molecule has 0 atom stereocenters. The van der Waals surface area contributed by atoms with Gasteiger partial charge in [-0.25, -0.2) is 39.0 Å². The monoisotopic (exact) mass is 1370 g/mol. The van der Waals surface area contributed by atoms with Gasteiger partial charge in [-0.05, 0) is 294 Å². The third kappa shape index (κ3) is 20.7. The highest BCUT2D eigenvalue weighted by Crippen LogP contribution is 2.33. The summed E-state index contributed by atoms with van der Waals surface area (Å²) in [5.74, 6) is 8.83. The quantitative estimate of drug-likeness (QED) is 0.138. The molecule has 101 heavy (non-hydrogen) atoms. The molecular formula is C79H118N22. The average Bonchev–Trinajstić information content (AvgIpc) is 1.81. The zero-order chi connectivity index (χ0) is 71.2. The molecule has 0 unspecified atom stereocenters. The Labute approximate surface area is 602 Å². The van der Waals surface area contributed by atoms with Crippen molar-refractivity contribution >= 4 is 44.6 Å². The summed E-state index contributed by atoms with van der Waals surface area (Å²) in [6.07, 6.45) is 43.0. The van der Waals surface area contributed by atoms with Crippen LogP contribution in [0.5, 0.6) is 0 Å². The standard InChI is InChI=1S/C11H16N2.2C10H15N3.2C10H14N2.C9H14N4.2C9H13N3.CH4/c1-9(2)10-5-3-4-7-13-8-6-12-11(10)13;1-8(2)9-5-3-4-6-13-7-11-12-10(9)13;1-8(2)9-5-3-4-6-13-10(9)11-7-12-13;2*1-8(2)9-4-3-6-12-7-5-11-10(9)12;1-7(2)8-5-3-4-6-13-9(8)10-11-12-13;1-7(2)8-4-3-5-12-6-10-11-9(8)12;1-7(2)8-4-3-5-12-9(8)10-6-11-12;/h6,8H,3-5,7H2,1-2H3;2*7H,3-6H2,1-2H3;2*5,7H,3-4,6H2,1-2H3;3-6H2,1-2H3;2*6H,3-5H2,1-2H3;1H4. The van der Waals surface area contributed by atoms with Crippen LogP contribution in [-0.4, -0.2) is 108 Å². The van der Waals surface area contributed by atoms with Crippen molar-refractivity contribution in [2.75, 3.05) is 0 Å². The minimum atomic E-state index is 0. The Hall–Kier alpha value is -8.82. The first-order valence-corrected chi connectivity index (χ1v) is 37.0. The second-order valence-electron chi connectivity index (χ2n) is 28.9. The largest absolute Gasteiger partial charge is 0.331 e. The summed E-state index contributed by atoms with van der Waals surface area (Å²) in [4.78, 5) is 21.7. The molecule has 8 aromatic rings. The van der Waals surface area contributed by atoms with Crippen LogP contribution in [0, 0.1) is 0 Å². The molecule has 8 aromatic heterocycles. The van der Waals surface area contributed by atoms with Crippen molar-refractivity contribution in [1.82, 2.24) is 108 Å². The second-order valence-corrected chi connectivity index (χ2v) is 28.9. The van der Waals surface area contributed by atoms with E-state index < -0.39 is 0 Å². The number of hydrogen-bond acceptors (Lipinski definition) is 14. The highest BCUT2D eigenvalue weighted by atomic mass is 15.5. The molecule has 0 bridgehead atoms. The Kier molecular flexibility index (Phi) is 29.5. The zero-order valence-corrected chi connectivity index (χ0v) is 63.4. The maximum Gasteiger partial charge on any atom is 0.177 e. The fourth-order valence-corrected chi connectivity index (χ4v) is 14.1. The Balaban J connectivity index is 0.000000146. The molecule has 0 aliphatic carbocycles. The van der Waals surface area contributed by atoms with Gasteiger partial charge in [0, 0.05) is 89.5 Å². The van der Waals surface area contributed by atoms with Crippen molar-refractivity contribution < 1.29 is 0 Å². The lowest BCUT2D eigenvalue weighted by Crippen LogP contribution is -2.11. The molecule has 0 aromatic carbocycles.